The van der Waals surface area contributed by atoms with Crippen LogP contribution in [0.25, 0.3) is 0 Å². The van der Waals surface area contributed by atoms with Gasteiger partial charge in [-0.1, -0.05) is 31.2 Å². The van der Waals surface area contributed by atoms with Crippen molar-refractivity contribution in [3.8, 4) is 0 Å². The fourth-order valence-electron chi connectivity index (χ4n) is 1.69. The molecule has 0 heterocycles. The minimum absolute atomic E-state index is 0.0941. The molecule has 0 aliphatic carbocycles. The first-order valence-corrected chi connectivity index (χ1v) is 5.67. The molecule has 3 radical (unpaired) electrons. The topological polar surface area (TPSA) is 38.7 Å². The summed E-state index contributed by atoms with van der Waals surface area (Å²) in [7, 11) is 2.98. The lowest BCUT2D eigenvalue weighted by Crippen LogP contribution is -2.03. The number of hydrogen-bond donors (Lipinski definition) is 0. The summed E-state index contributed by atoms with van der Waals surface area (Å²) < 4.78 is 4.87. The van der Waals surface area contributed by atoms with Gasteiger partial charge in [-0.3, -0.25) is 0 Å². The summed E-state index contributed by atoms with van der Waals surface area (Å²) in [5.74, 6) is 0. The zero-order valence-electron chi connectivity index (χ0n) is 9.27. The molecule has 1 rings (SSSR count). The van der Waals surface area contributed by atoms with Gasteiger partial charge in [0.1, 0.15) is 0 Å². The Bertz CT molecular complexity index is 375. The first-order chi connectivity index (χ1) is 7.83. The molecule has 16 heavy (non-hydrogen) atoms. The van der Waals surface area contributed by atoms with Gasteiger partial charge in [-0.25, -0.2) is 4.79 Å². The number of isocyanates is 1. The van der Waals surface area contributed by atoms with Crippen molar-refractivity contribution in [3.63, 3.8) is 0 Å². The third kappa shape index (κ3) is 3.42. The second kappa shape index (κ2) is 7.12. The molecule has 1 unspecified atom stereocenters. The van der Waals surface area contributed by atoms with Gasteiger partial charge in [0, 0.05) is 6.61 Å². The second-order valence-corrected chi connectivity index (χ2v) is 3.73. The molecule has 0 saturated carbocycles. The Labute approximate surface area is 99.1 Å². The molecule has 0 fully saturated rings. The van der Waals surface area contributed by atoms with Crippen LogP contribution in [-0.4, -0.2) is 23.2 Å². The first kappa shape index (κ1) is 12.8. The summed E-state index contributed by atoms with van der Waals surface area (Å²) in [6, 6.07) is 7.87. The van der Waals surface area contributed by atoms with Crippen molar-refractivity contribution in [2.45, 2.75) is 25.8 Å². The highest BCUT2D eigenvalue weighted by Gasteiger charge is 2.11. The Hall–Kier alpha value is -1.22. The summed E-state index contributed by atoms with van der Waals surface area (Å²) in [5.41, 5.74) is 2.24. The van der Waals surface area contributed by atoms with Crippen LogP contribution in [0.2, 0.25) is 0 Å². The second-order valence-electron chi connectivity index (χ2n) is 3.44. The van der Waals surface area contributed by atoms with Crippen LogP contribution in [0.1, 0.15) is 30.5 Å². The number of hydrogen-bond acceptors (Lipinski definition) is 3. The molecule has 1 atom stereocenters. The number of benzene rings is 1. The van der Waals surface area contributed by atoms with E-state index in [4.69, 9.17) is 4.43 Å². The average molecular weight is 232 g/mol. The third-order valence-corrected chi connectivity index (χ3v) is 2.69. The normalized spacial score (nSPS) is 11.9. The summed E-state index contributed by atoms with van der Waals surface area (Å²) in [5, 5.41) is 0. The van der Waals surface area contributed by atoms with E-state index >= 15 is 0 Å². The number of aliphatic imine (C=N–C) groups is 1. The number of nitrogens with zero attached hydrogens (tertiary/aromatic N) is 1. The fourth-order valence-corrected chi connectivity index (χ4v) is 1.79. The van der Waals surface area contributed by atoms with Crippen LogP contribution in [0.4, 0.5) is 0 Å². The molecule has 0 aliphatic heterocycles. The molecule has 0 spiro atoms. The summed E-state index contributed by atoms with van der Waals surface area (Å²) in [4.78, 5) is 14.2. The lowest BCUT2D eigenvalue weighted by atomic mass is 9.97. The maximum atomic E-state index is 10.3. The summed E-state index contributed by atoms with van der Waals surface area (Å²) in [6.07, 6.45) is 3.22. The van der Waals surface area contributed by atoms with Crippen molar-refractivity contribution < 1.29 is 9.22 Å². The van der Waals surface area contributed by atoms with E-state index in [1.54, 1.807) is 6.08 Å². The molecule has 0 aliphatic rings. The average Bonchev–Trinajstić information content (AvgIpc) is 2.34. The Morgan fingerprint density at radius 3 is 2.88 bits per heavy atom. The molecule has 0 N–H and O–H groups in total. The predicted molar refractivity (Wildman–Crippen MR) is 63.0 cm³/mol. The molecule has 0 amide bonds. The van der Waals surface area contributed by atoms with Crippen LogP contribution in [-0.2, 0) is 15.6 Å². The van der Waals surface area contributed by atoms with E-state index in [1.807, 2.05) is 31.2 Å². The van der Waals surface area contributed by atoms with E-state index in [0.29, 0.717) is 6.61 Å². The molecular formula is C12H14NO2Si. The van der Waals surface area contributed by atoms with Gasteiger partial charge in [-0.15, -0.1) is 0 Å². The lowest BCUT2D eigenvalue weighted by Gasteiger charge is -2.13. The largest absolute Gasteiger partial charge is 0.418 e. The van der Waals surface area contributed by atoms with Gasteiger partial charge in [0.05, 0.1) is 6.04 Å². The minimum atomic E-state index is -0.0941. The van der Waals surface area contributed by atoms with E-state index in [1.165, 1.54) is 0 Å². The highest BCUT2D eigenvalue weighted by Crippen LogP contribution is 2.24. The Balaban J connectivity index is 2.95. The molecule has 1 aromatic carbocycles. The van der Waals surface area contributed by atoms with Crippen molar-refractivity contribution in [2.75, 3.05) is 6.61 Å². The van der Waals surface area contributed by atoms with Crippen molar-refractivity contribution in [2.24, 2.45) is 4.99 Å². The quantitative estimate of drug-likeness (QED) is 0.428. The molecule has 4 heteroatoms. The van der Waals surface area contributed by atoms with Gasteiger partial charge in [0.2, 0.25) is 16.6 Å². The third-order valence-electron chi connectivity index (χ3n) is 2.48. The van der Waals surface area contributed by atoms with Crippen molar-refractivity contribution in [1.29, 1.82) is 0 Å². The zero-order chi connectivity index (χ0) is 11.8. The Kier molecular flexibility index (Phi) is 5.71. The molecular weight excluding hydrogens is 218 g/mol. The smallest absolute Gasteiger partial charge is 0.246 e. The molecule has 3 nitrogen and oxygen atoms in total. The Morgan fingerprint density at radius 1 is 1.50 bits per heavy atom. The van der Waals surface area contributed by atoms with Crippen LogP contribution >= 0.6 is 0 Å². The number of carbonyl (C=O) groups excluding carboxylic acids is 1. The predicted octanol–water partition coefficient (Wildman–Crippen LogP) is 2.12. The van der Waals surface area contributed by atoms with Gasteiger partial charge in [-0.05, 0) is 24.0 Å². The molecule has 1 aromatic rings. The standard InChI is InChI=1S/C12H14NO2Si/c1-2-12(13-9-14)11-6-4-3-5-10(11)7-8-15-16/h3-6,12H,2,7-8H2,1H3. The van der Waals surface area contributed by atoms with Crippen molar-refractivity contribution in [3.05, 3.63) is 35.4 Å². The monoisotopic (exact) mass is 232 g/mol. The SMILES string of the molecule is CCC(N=C=O)c1ccccc1CCO[Si]. The van der Waals surface area contributed by atoms with E-state index in [2.05, 4.69) is 15.5 Å². The van der Waals surface area contributed by atoms with Gasteiger partial charge >= 0.3 is 0 Å². The maximum absolute atomic E-state index is 10.3. The van der Waals surface area contributed by atoms with Gasteiger partial charge in [0.25, 0.3) is 0 Å². The first-order valence-electron chi connectivity index (χ1n) is 5.26. The zero-order valence-corrected chi connectivity index (χ0v) is 10.3. The van der Waals surface area contributed by atoms with E-state index in [0.717, 1.165) is 24.0 Å². The van der Waals surface area contributed by atoms with E-state index in [9.17, 15) is 4.79 Å². The van der Waals surface area contributed by atoms with Crippen LogP contribution in [0, 0.1) is 0 Å². The molecule has 83 valence electrons. The van der Waals surface area contributed by atoms with Crippen LogP contribution in [0.3, 0.4) is 0 Å². The molecule has 0 bridgehead atoms. The highest BCUT2D eigenvalue weighted by molar-refractivity contribution is 5.97. The lowest BCUT2D eigenvalue weighted by molar-refractivity contribution is 0.353. The molecule has 0 aromatic heterocycles. The van der Waals surface area contributed by atoms with E-state index in [-0.39, 0.29) is 6.04 Å². The Morgan fingerprint density at radius 2 is 2.25 bits per heavy atom. The fraction of sp³-hybridized carbons (Fsp3) is 0.417. The van der Waals surface area contributed by atoms with Crippen LogP contribution in [0.5, 0.6) is 0 Å². The van der Waals surface area contributed by atoms with Crippen LogP contribution in [0.15, 0.2) is 29.3 Å². The van der Waals surface area contributed by atoms with Crippen LogP contribution < -0.4 is 0 Å². The number of rotatable bonds is 6. The highest BCUT2D eigenvalue weighted by atomic mass is 28.2. The minimum Gasteiger partial charge on any atom is -0.418 e. The molecule has 0 saturated heterocycles. The van der Waals surface area contributed by atoms with Gasteiger partial charge in [0.15, 0.2) is 0 Å². The van der Waals surface area contributed by atoms with Crippen molar-refractivity contribution >= 4 is 16.6 Å². The van der Waals surface area contributed by atoms with E-state index < -0.39 is 0 Å². The van der Waals surface area contributed by atoms with Gasteiger partial charge < -0.3 is 4.43 Å². The van der Waals surface area contributed by atoms with Gasteiger partial charge in [-0.2, -0.15) is 4.99 Å². The maximum Gasteiger partial charge on any atom is 0.246 e. The van der Waals surface area contributed by atoms with Crippen molar-refractivity contribution in [1.82, 2.24) is 0 Å². The summed E-state index contributed by atoms with van der Waals surface area (Å²) in [6.45, 7) is 2.60. The summed E-state index contributed by atoms with van der Waals surface area (Å²) >= 11 is 0.